The maximum absolute atomic E-state index is 5.31. The molecule has 3 aromatic heterocycles. The van der Waals surface area contributed by atoms with Gasteiger partial charge < -0.3 is 4.57 Å². The highest BCUT2D eigenvalue weighted by Gasteiger charge is 2.18. The SMILES string of the molecule is c1ccc(-c2ccc(-c3nc(-c4ccc(-c5nc6ccccc6c6cc7c(cc56)c5ccccc5n7-c5ccccc5)cc4)nc4ccccc34)cc2)cc1. The summed E-state index contributed by atoms with van der Waals surface area (Å²) in [6.07, 6.45) is 0. The lowest BCUT2D eigenvalue weighted by Crippen LogP contribution is -1.96. The Bertz CT molecular complexity index is 3220. The van der Waals surface area contributed by atoms with E-state index in [0.29, 0.717) is 5.82 Å². The Labute approximate surface area is 317 Å². The first-order valence-electron chi connectivity index (χ1n) is 18.6. The molecule has 4 heteroatoms. The average Bonchev–Trinajstić information content (AvgIpc) is 3.59. The van der Waals surface area contributed by atoms with Gasteiger partial charge in [-0.15, -0.1) is 0 Å². The normalized spacial score (nSPS) is 11.6. The highest BCUT2D eigenvalue weighted by atomic mass is 15.0. The lowest BCUT2D eigenvalue weighted by molar-refractivity contribution is 1.18. The molecule has 0 aliphatic carbocycles. The van der Waals surface area contributed by atoms with Gasteiger partial charge in [0, 0.05) is 49.3 Å². The predicted octanol–water partition coefficient (Wildman–Crippen LogP) is 13.1. The van der Waals surface area contributed by atoms with Crippen LogP contribution >= 0.6 is 0 Å². The summed E-state index contributed by atoms with van der Waals surface area (Å²) in [5, 5.41) is 6.89. The largest absolute Gasteiger partial charge is 0.309 e. The second-order valence-corrected chi connectivity index (χ2v) is 14.0. The zero-order valence-corrected chi connectivity index (χ0v) is 29.8. The fourth-order valence-corrected chi connectivity index (χ4v) is 8.14. The summed E-state index contributed by atoms with van der Waals surface area (Å²) in [6, 6.07) is 68.4. The van der Waals surface area contributed by atoms with Gasteiger partial charge in [0.1, 0.15) is 0 Å². The molecule has 0 saturated carbocycles. The summed E-state index contributed by atoms with van der Waals surface area (Å²) in [4.78, 5) is 15.6. The van der Waals surface area contributed by atoms with Gasteiger partial charge >= 0.3 is 0 Å². The van der Waals surface area contributed by atoms with Gasteiger partial charge in [0.25, 0.3) is 0 Å². The lowest BCUT2D eigenvalue weighted by Gasteiger charge is -2.13. The molecule has 0 amide bonds. The van der Waals surface area contributed by atoms with E-state index in [-0.39, 0.29) is 0 Å². The fourth-order valence-electron chi connectivity index (χ4n) is 8.14. The zero-order valence-electron chi connectivity index (χ0n) is 29.8. The van der Waals surface area contributed by atoms with Crippen molar-refractivity contribution >= 4 is 54.4 Å². The average molecular weight is 701 g/mol. The third-order valence-corrected chi connectivity index (χ3v) is 10.8. The van der Waals surface area contributed by atoms with Crippen LogP contribution in [-0.4, -0.2) is 19.5 Å². The van der Waals surface area contributed by atoms with Crippen molar-refractivity contribution in [2.24, 2.45) is 0 Å². The molecule has 0 spiro atoms. The maximum Gasteiger partial charge on any atom is 0.160 e. The highest BCUT2D eigenvalue weighted by Crippen LogP contribution is 2.40. The molecule has 0 N–H and O–H groups in total. The van der Waals surface area contributed by atoms with Gasteiger partial charge in [-0.1, -0.05) is 152 Å². The molecule has 0 aliphatic rings. The van der Waals surface area contributed by atoms with Crippen LogP contribution in [-0.2, 0) is 0 Å². The molecule has 0 bridgehead atoms. The Morgan fingerprint density at radius 3 is 1.55 bits per heavy atom. The molecule has 0 unspecified atom stereocenters. The minimum atomic E-state index is 0.694. The van der Waals surface area contributed by atoms with Gasteiger partial charge in [0.05, 0.1) is 33.5 Å². The van der Waals surface area contributed by atoms with Crippen molar-refractivity contribution in [3.05, 3.63) is 194 Å². The van der Waals surface area contributed by atoms with E-state index in [1.807, 2.05) is 12.1 Å². The number of pyridine rings is 1. The van der Waals surface area contributed by atoms with Gasteiger partial charge in [0.2, 0.25) is 0 Å². The number of aromatic nitrogens is 4. The van der Waals surface area contributed by atoms with Crippen LogP contribution < -0.4 is 0 Å². The second-order valence-electron chi connectivity index (χ2n) is 14.0. The molecule has 3 heterocycles. The van der Waals surface area contributed by atoms with Crippen LogP contribution in [0.5, 0.6) is 0 Å². The van der Waals surface area contributed by atoms with E-state index in [2.05, 4.69) is 187 Å². The number of rotatable bonds is 5. The van der Waals surface area contributed by atoms with Crippen molar-refractivity contribution in [1.82, 2.24) is 19.5 Å². The van der Waals surface area contributed by atoms with Crippen molar-refractivity contribution < 1.29 is 0 Å². The molecule has 0 fully saturated rings. The standard InChI is InChI=1S/C51H32N4/c1-3-13-33(14-4-1)34-23-25-35(26-24-34)49-41-19-8-11-21-46(41)53-51(54-49)37-29-27-36(28-30-37)50-44-31-43-40-18-9-12-22-47(40)55(38-15-5-2-6-16-38)48(43)32-42(44)39-17-7-10-20-45(39)52-50/h1-32H. The Balaban J connectivity index is 1.06. The first-order chi connectivity index (χ1) is 27.3. The van der Waals surface area contributed by atoms with Crippen molar-refractivity contribution in [2.75, 3.05) is 0 Å². The Morgan fingerprint density at radius 1 is 0.291 bits per heavy atom. The molecule has 0 radical (unpaired) electrons. The smallest absolute Gasteiger partial charge is 0.160 e. The maximum atomic E-state index is 5.31. The summed E-state index contributed by atoms with van der Waals surface area (Å²) in [6.45, 7) is 0. The topological polar surface area (TPSA) is 43.6 Å². The van der Waals surface area contributed by atoms with Crippen LogP contribution in [0.4, 0.5) is 0 Å². The Hall–Kier alpha value is -7.43. The molecular weight excluding hydrogens is 669 g/mol. The van der Waals surface area contributed by atoms with E-state index >= 15 is 0 Å². The van der Waals surface area contributed by atoms with Gasteiger partial charge in [-0.05, 0) is 59.0 Å². The predicted molar refractivity (Wildman–Crippen MR) is 228 cm³/mol. The fraction of sp³-hybridized carbons (Fsp3) is 0. The first-order valence-corrected chi connectivity index (χ1v) is 18.6. The number of hydrogen-bond donors (Lipinski definition) is 0. The van der Waals surface area contributed by atoms with Crippen LogP contribution in [0.1, 0.15) is 0 Å². The van der Waals surface area contributed by atoms with Crippen LogP contribution in [0, 0.1) is 0 Å². The third-order valence-electron chi connectivity index (χ3n) is 10.8. The monoisotopic (exact) mass is 700 g/mol. The van der Waals surface area contributed by atoms with Crippen LogP contribution in [0.15, 0.2) is 194 Å². The Kier molecular flexibility index (Phi) is 7.14. The number of benzene rings is 8. The molecule has 4 nitrogen and oxygen atoms in total. The molecule has 0 atom stereocenters. The summed E-state index contributed by atoms with van der Waals surface area (Å²) >= 11 is 0. The van der Waals surface area contributed by atoms with Crippen LogP contribution in [0.3, 0.4) is 0 Å². The minimum Gasteiger partial charge on any atom is -0.309 e. The highest BCUT2D eigenvalue weighted by molar-refractivity contribution is 6.20. The van der Waals surface area contributed by atoms with Crippen molar-refractivity contribution in [3.63, 3.8) is 0 Å². The number of fused-ring (bicyclic) bond motifs is 7. The number of hydrogen-bond acceptors (Lipinski definition) is 3. The van der Waals surface area contributed by atoms with E-state index in [1.54, 1.807) is 0 Å². The summed E-state index contributed by atoms with van der Waals surface area (Å²) in [5.74, 6) is 0.694. The first kappa shape index (κ1) is 31.1. The molecule has 11 aromatic rings. The van der Waals surface area contributed by atoms with Crippen LogP contribution in [0.25, 0.3) is 105 Å². The van der Waals surface area contributed by atoms with Crippen molar-refractivity contribution in [3.8, 4) is 50.7 Å². The zero-order chi connectivity index (χ0) is 36.3. The molecule has 0 aliphatic heterocycles. The van der Waals surface area contributed by atoms with Crippen molar-refractivity contribution in [2.45, 2.75) is 0 Å². The van der Waals surface area contributed by atoms with Crippen LogP contribution in [0.2, 0.25) is 0 Å². The van der Waals surface area contributed by atoms with E-state index in [9.17, 15) is 0 Å². The van der Waals surface area contributed by atoms with E-state index in [1.165, 1.54) is 38.3 Å². The van der Waals surface area contributed by atoms with E-state index in [4.69, 9.17) is 15.0 Å². The third kappa shape index (κ3) is 5.19. The van der Waals surface area contributed by atoms with E-state index in [0.717, 1.165) is 61.0 Å². The molecule has 11 rings (SSSR count). The quantitative estimate of drug-likeness (QED) is 0.168. The molecule has 0 saturated heterocycles. The summed E-state index contributed by atoms with van der Waals surface area (Å²) in [5.41, 5.74) is 12.7. The number of nitrogens with zero attached hydrogens (tertiary/aromatic N) is 4. The molecule has 55 heavy (non-hydrogen) atoms. The van der Waals surface area contributed by atoms with Gasteiger partial charge in [-0.25, -0.2) is 15.0 Å². The second kappa shape index (κ2) is 12.6. The Morgan fingerprint density at radius 2 is 0.818 bits per heavy atom. The molecular formula is C51H32N4. The summed E-state index contributed by atoms with van der Waals surface area (Å²) in [7, 11) is 0. The summed E-state index contributed by atoms with van der Waals surface area (Å²) < 4.78 is 2.38. The molecule has 256 valence electrons. The van der Waals surface area contributed by atoms with E-state index < -0.39 is 0 Å². The van der Waals surface area contributed by atoms with Gasteiger partial charge in [-0.3, -0.25) is 0 Å². The van der Waals surface area contributed by atoms with Gasteiger partial charge in [0.15, 0.2) is 5.82 Å². The van der Waals surface area contributed by atoms with Gasteiger partial charge in [-0.2, -0.15) is 0 Å². The van der Waals surface area contributed by atoms with Crippen molar-refractivity contribution in [1.29, 1.82) is 0 Å². The minimum absolute atomic E-state index is 0.694. The lowest BCUT2D eigenvalue weighted by atomic mass is 9.97. The number of para-hydroxylation sites is 4. The molecule has 8 aromatic carbocycles.